The summed E-state index contributed by atoms with van der Waals surface area (Å²) in [6, 6.07) is 10.3. The van der Waals surface area contributed by atoms with E-state index < -0.39 is 5.82 Å². The van der Waals surface area contributed by atoms with Crippen LogP contribution < -0.4 is 10.2 Å². The summed E-state index contributed by atoms with van der Waals surface area (Å²) in [7, 11) is 0. The number of carbonyl (C=O) groups excluding carboxylic acids is 2. The van der Waals surface area contributed by atoms with Gasteiger partial charge >= 0.3 is 0 Å². The molecule has 0 saturated carbocycles. The highest BCUT2D eigenvalue weighted by atomic mass is 35.5. The van der Waals surface area contributed by atoms with Gasteiger partial charge in [0, 0.05) is 16.3 Å². The first-order valence-electron chi connectivity index (χ1n) is 9.75. The van der Waals surface area contributed by atoms with E-state index >= 15 is 0 Å². The summed E-state index contributed by atoms with van der Waals surface area (Å²) in [5.74, 6) is -0.635. The molecule has 7 heteroatoms. The molecule has 0 aliphatic carbocycles. The van der Waals surface area contributed by atoms with Gasteiger partial charge in [0.05, 0.1) is 32.6 Å². The van der Waals surface area contributed by atoms with Crippen LogP contribution in [0.25, 0.3) is 0 Å². The lowest BCUT2D eigenvalue weighted by atomic mass is 10.1. The molecule has 154 valence electrons. The van der Waals surface area contributed by atoms with E-state index in [-0.39, 0.29) is 28.8 Å². The summed E-state index contributed by atoms with van der Waals surface area (Å²) in [6.07, 6.45) is -0.0477. The maximum atomic E-state index is 13.9. The van der Waals surface area contributed by atoms with Crippen molar-refractivity contribution in [1.82, 2.24) is 4.90 Å². The summed E-state index contributed by atoms with van der Waals surface area (Å²) in [6.45, 7) is 6.74. The van der Waals surface area contributed by atoms with Crippen LogP contribution in [0.5, 0.6) is 0 Å². The molecule has 0 unspecified atom stereocenters. The summed E-state index contributed by atoms with van der Waals surface area (Å²) in [4.78, 5) is 27.8. The molecule has 1 saturated heterocycles. The van der Waals surface area contributed by atoms with Crippen molar-refractivity contribution in [2.45, 2.75) is 20.3 Å². The number of para-hydroxylation sites is 1. The molecule has 0 bridgehead atoms. The number of aryl methyl sites for hydroxylation is 2. The summed E-state index contributed by atoms with van der Waals surface area (Å²) in [5, 5.41) is 3.28. The largest absolute Gasteiger partial charge is 0.331 e. The smallest absolute Gasteiger partial charge is 0.279 e. The summed E-state index contributed by atoms with van der Waals surface area (Å²) in [5.41, 5.74) is 3.18. The first-order valence-corrected chi connectivity index (χ1v) is 10.1. The van der Waals surface area contributed by atoms with Crippen LogP contribution in [0.3, 0.4) is 0 Å². The third-order valence-corrected chi connectivity index (χ3v) is 5.72. The van der Waals surface area contributed by atoms with Gasteiger partial charge in [-0.25, -0.2) is 4.39 Å². The molecule has 1 aliphatic heterocycles. The molecule has 1 fully saturated rings. The Balaban J connectivity index is 1.50. The number of anilines is 1. The molecular formula is C22H26ClFN3O2+. The SMILES string of the molecule is Cc1cccc(C)c1NC(=O)C[NH+]1CCN(C(=O)Cc2c(F)cccc2Cl)CC1. The molecule has 2 N–H and O–H groups in total. The zero-order valence-electron chi connectivity index (χ0n) is 16.7. The highest BCUT2D eigenvalue weighted by Gasteiger charge is 2.26. The third kappa shape index (κ3) is 5.34. The highest BCUT2D eigenvalue weighted by molar-refractivity contribution is 6.31. The monoisotopic (exact) mass is 418 g/mol. The number of halogens is 2. The van der Waals surface area contributed by atoms with Crippen LogP contribution in [0.2, 0.25) is 5.02 Å². The lowest BCUT2D eigenvalue weighted by Crippen LogP contribution is -3.15. The zero-order valence-corrected chi connectivity index (χ0v) is 17.5. The lowest BCUT2D eigenvalue weighted by Gasteiger charge is -2.32. The van der Waals surface area contributed by atoms with Gasteiger partial charge in [-0.2, -0.15) is 0 Å². The van der Waals surface area contributed by atoms with E-state index in [1.54, 1.807) is 11.0 Å². The van der Waals surface area contributed by atoms with Crippen molar-refractivity contribution in [3.8, 4) is 0 Å². The molecule has 2 aromatic carbocycles. The van der Waals surface area contributed by atoms with E-state index in [1.165, 1.54) is 12.1 Å². The van der Waals surface area contributed by atoms with Crippen molar-refractivity contribution in [1.29, 1.82) is 0 Å². The van der Waals surface area contributed by atoms with Gasteiger partial charge < -0.3 is 15.1 Å². The Bertz CT molecular complexity index is 870. The Kier molecular flexibility index (Phi) is 6.87. The van der Waals surface area contributed by atoms with Gasteiger partial charge in [0.1, 0.15) is 5.82 Å². The summed E-state index contributed by atoms with van der Waals surface area (Å²) >= 11 is 6.02. The van der Waals surface area contributed by atoms with Gasteiger partial charge in [0.15, 0.2) is 6.54 Å². The fourth-order valence-electron chi connectivity index (χ4n) is 3.64. The Morgan fingerprint density at radius 2 is 1.72 bits per heavy atom. The minimum Gasteiger partial charge on any atom is -0.331 e. The highest BCUT2D eigenvalue weighted by Crippen LogP contribution is 2.20. The van der Waals surface area contributed by atoms with Gasteiger partial charge in [-0.05, 0) is 37.1 Å². The molecule has 2 aromatic rings. The Morgan fingerprint density at radius 1 is 1.10 bits per heavy atom. The summed E-state index contributed by atoms with van der Waals surface area (Å²) < 4.78 is 13.9. The van der Waals surface area contributed by atoms with E-state index in [4.69, 9.17) is 11.6 Å². The third-order valence-electron chi connectivity index (χ3n) is 5.37. The number of amides is 2. The van der Waals surface area contributed by atoms with Crippen molar-refractivity contribution in [3.05, 3.63) is 63.9 Å². The van der Waals surface area contributed by atoms with Crippen molar-refractivity contribution < 1.29 is 18.9 Å². The predicted octanol–water partition coefficient (Wildman–Crippen LogP) is 2.00. The quantitative estimate of drug-likeness (QED) is 0.780. The number of rotatable bonds is 5. The van der Waals surface area contributed by atoms with Crippen LogP contribution in [-0.4, -0.2) is 49.4 Å². The number of piperazine rings is 1. The standard InChI is InChI=1S/C22H25ClFN3O2/c1-15-5-3-6-16(2)22(15)25-20(28)14-26-9-11-27(12-10-26)21(29)13-17-18(23)7-4-8-19(17)24/h3-8H,9-14H2,1-2H3,(H,25,28)/p+1. The topological polar surface area (TPSA) is 53.9 Å². The van der Waals surface area contributed by atoms with E-state index in [0.29, 0.717) is 32.7 Å². The lowest BCUT2D eigenvalue weighted by molar-refractivity contribution is -0.895. The van der Waals surface area contributed by atoms with E-state index in [2.05, 4.69) is 5.32 Å². The first kappa shape index (κ1) is 21.3. The number of hydrogen-bond donors (Lipinski definition) is 2. The van der Waals surface area contributed by atoms with Gasteiger partial charge in [-0.3, -0.25) is 9.59 Å². The zero-order chi connectivity index (χ0) is 21.0. The number of hydrogen-bond acceptors (Lipinski definition) is 2. The Labute approximate surface area is 175 Å². The minimum atomic E-state index is -0.460. The first-order chi connectivity index (χ1) is 13.8. The number of nitrogens with one attached hydrogen (secondary N) is 2. The Hall–Kier alpha value is -2.44. The fraction of sp³-hybridized carbons (Fsp3) is 0.364. The van der Waals surface area contributed by atoms with E-state index in [0.717, 1.165) is 21.7 Å². The molecule has 0 aromatic heterocycles. The van der Waals surface area contributed by atoms with Gasteiger partial charge in [0.25, 0.3) is 5.91 Å². The molecule has 0 radical (unpaired) electrons. The van der Waals surface area contributed by atoms with Gasteiger partial charge in [0.2, 0.25) is 5.91 Å². The van der Waals surface area contributed by atoms with Crippen LogP contribution in [-0.2, 0) is 16.0 Å². The molecule has 2 amide bonds. The minimum absolute atomic E-state index is 0.0321. The predicted molar refractivity (Wildman–Crippen MR) is 112 cm³/mol. The molecule has 1 aliphatic rings. The average molecular weight is 419 g/mol. The second-order valence-corrected chi connectivity index (χ2v) is 7.91. The van der Waals surface area contributed by atoms with Gasteiger partial charge in [-0.15, -0.1) is 0 Å². The normalized spacial score (nSPS) is 14.7. The number of nitrogens with zero attached hydrogens (tertiary/aromatic N) is 1. The van der Waals surface area contributed by atoms with Crippen LogP contribution >= 0.6 is 11.6 Å². The molecule has 29 heavy (non-hydrogen) atoms. The van der Waals surface area contributed by atoms with Crippen LogP contribution in [0.15, 0.2) is 36.4 Å². The second-order valence-electron chi connectivity index (χ2n) is 7.50. The molecule has 1 heterocycles. The maximum Gasteiger partial charge on any atom is 0.279 e. The van der Waals surface area contributed by atoms with Crippen molar-refractivity contribution in [2.24, 2.45) is 0 Å². The van der Waals surface area contributed by atoms with Crippen LogP contribution in [0.4, 0.5) is 10.1 Å². The number of quaternary nitrogens is 1. The van der Waals surface area contributed by atoms with Crippen LogP contribution in [0, 0.1) is 19.7 Å². The van der Waals surface area contributed by atoms with Crippen LogP contribution in [0.1, 0.15) is 16.7 Å². The van der Waals surface area contributed by atoms with E-state index in [9.17, 15) is 14.0 Å². The fourth-order valence-corrected chi connectivity index (χ4v) is 3.87. The maximum absolute atomic E-state index is 13.9. The van der Waals surface area contributed by atoms with Crippen molar-refractivity contribution in [3.63, 3.8) is 0 Å². The number of carbonyl (C=O) groups is 2. The van der Waals surface area contributed by atoms with Crippen molar-refractivity contribution in [2.75, 3.05) is 38.0 Å². The molecule has 3 rings (SSSR count). The number of benzene rings is 2. The average Bonchev–Trinajstić information content (AvgIpc) is 2.68. The molecule has 5 nitrogen and oxygen atoms in total. The molecule has 0 atom stereocenters. The molecular weight excluding hydrogens is 393 g/mol. The Morgan fingerprint density at radius 3 is 2.34 bits per heavy atom. The molecule has 0 spiro atoms. The van der Waals surface area contributed by atoms with Crippen molar-refractivity contribution >= 4 is 29.1 Å². The van der Waals surface area contributed by atoms with E-state index in [1.807, 2.05) is 32.0 Å². The second kappa shape index (κ2) is 9.37. The van der Waals surface area contributed by atoms with Gasteiger partial charge in [-0.1, -0.05) is 35.9 Å².